The number of pyridine rings is 1. The minimum absolute atomic E-state index is 0.459. The number of ether oxygens (including phenoxy) is 2. The lowest BCUT2D eigenvalue weighted by Crippen LogP contribution is -1.95. The van der Waals surface area contributed by atoms with E-state index in [-0.39, 0.29) is 0 Å². The van der Waals surface area contributed by atoms with Crippen LogP contribution in [0.15, 0.2) is 95.5 Å². The summed E-state index contributed by atoms with van der Waals surface area (Å²) >= 11 is 3.47. The highest BCUT2D eigenvalue weighted by molar-refractivity contribution is 9.10. The average Bonchev–Trinajstić information content (AvgIpc) is 2.76. The molecule has 0 saturated carbocycles. The standard InChI is InChI=1S/C24H19BrN2O2/c25-21-10-1-2-11-22(21)29-24-13-5-12-23(27-24)28-20-9-4-8-19(15-20)18-7-3-6-17(14-18)16-26/h1-15H,16,26H2. The summed E-state index contributed by atoms with van der Waals surface area (Å²) in [4.78, 5) is 4.45. The van der Waals surface area contributed by atoms with Crippen LogP contribution in [0.1, 0.15) is 5.56 Å². The molecule has 144 valence electrons. The zero-order valence-corrected chi connectivity index (χ0v) is 17.2. The van der Waals surface area contributed by atoms with Crippen molar-refractivity contribution in [1.29, 1.82) is 0 Å². The maximum atomic E-state index is 5.98. The summed E-state index contributed by atoms with van der Waals surface area (Å²) in [5.41, 5.74) is 9.00. The number of para-hydroxylation sites is 1. The first-order valence-corrected chi connectivity index (χ1v) is 9.97. The van der Waals surface area contributed by atoms with E-state index in [0.29, 0.717) is 29.8 Å². The minimum Gasteiger partial charge on any atom is -0.439 e. The Labute approximate surface area is 178 Å². The number of hydrogen-bond donors (Lipinski definition) is 1. The van der Waals surface area contributed by atoms with Gasteiger partial charge in [-0.05, 0) is 63.0 Å². The van der Waals surface area contributed by atoms with Crippen LogP contribution in [0.3, 0.4) is 0 Å². The predicted molar refractivity (Wildman–Crippen MR) is 118 cm³/mol. The van der Waals surface area contributed by atoms with E-state index in [1.165, 1.54) is 0 Å². The first-order chi connectivity index (χ1) is 14.2. The molecule has 0 spiro atoms. The van der Waals surface area contributed by atoms with Gasteiger partial charge < -0.3 is 15.2 Å². The number of hydrogen-bond acceptors (Lipinski definition) is 4. The van der Waals surface area contributed by atoms with Crippen LogP contribution in [0.2, 0.25) is 0 Å². The van der Waals surface area contributed by atoms with Gasteiger partial charge in [0, 0.05) is 18.7 Å². The molecule has 0 aliphatic rings. The lowest BCUT2D eigenvalue weighted by Gasteiger charge is -2.10. The molecule has 0 aliphatic heterocycles. The van der Waals surface area contributed by atoms with Gasteiger partial charge in [-0.15, -0.1) is 0 Å². The van der Waals surface area contributed by atoms with E-state index in [4.69, 9.17) is 15.2 Å². The molecule has 0 unspecified atom stereocenters. The molecule has 0 bridgehead atoms. The molecule has 1 heterocycles. The van der Waals surface area contributed by atoms with Crippen molar-refractivity contribution in [2.75, 3.05) is 0 Å². The summed E-state index contributed by atoms with van der Waals surface area (Å²) in [5.74, 6) is 2.31. The van der Waals surface area contributed by atoms with E-state index in [1.807, 2.05) is 66.7 Å². The third kappa shape index (κ3) is 4.83. The van der Waals surface area contributed by atoms with Gasteiger partial charge in [0.1, 0.15) is 11.5 Å². The Morgan fingerprint density at radius 2 is 1.41 bits per heavy atom. The van der Waals surface area contributed by atoms with Crippen LogP contribution < -0.4 is 15.2 Å². The van der Waals surface area contributed by atoms with Gasteiger partial charge in [0.05, 0.1) is 4.47 Å². The Hall–Kier alpha value is -3.15. The van der Waals surface area contributed by atoms with Gasteiger partial charge in [-0.1, -0.05) is 48.5 Å². The summed E-state index contributed by atoms with van der Waals surface area (Å²) in [6, 6.07) is 29.1. The van der Waals surface area contributed by atoms with Crippen molar-refractivity contribution >= 4 is 15.9 Å². The zero-order chi connectivity index (χ0) is 20.1. The van der Waals surface area contributed by atoms with Gasteiger partial charge in [-0.25, -0.2) is 0 Å². The van der Waals surface area contributed by atoms with Crippen LogP contribution in [0.25, 0.3) is 11.1 Å². The topological polar surface area (TPSA) is 57.4 Å². The van der Waals surface area contributed by atoms with Gasteiger partial charge in [0.15, 0.2) is 0 Å². The van der Waals surface area contributed by atoms with Crippen molar-refractivity contribution in [2.45, 2.75) is 6.54 Å². The molecule has 29 heavy (non-hydrogen) atoms. The van der Waals surface area contributed by atoms with Gasteiger partial charge in [-0.3, -0.25) is 0 Å². The van der Waals surface area contributed by atoms with Gasteiger partial charge in [0.2, 0.25) is 11.8 Å². The Balaban J connectivity index is 1.54. The Morgan fingerprint density at radius 1 is 0.724 bits per heavy atom. The smallest absolute Gasteiger partial charge is 0.222 e. The molecule has 0 fully saturated rings. The largest absolute Gasteiger partial charge is 0.439 e. The van der Waals surface area contributed by atoms with Gasteiger partial charge in [-0.2, -0.15) is 4.98 Å². The van der Waals surface area contributed by atoms with Crippen molar-refractivity contribution in [3.05, 3.63) is 101 Å². The number of nitrogens with two attached hydrogens (primary N) is 1. The third-order valence-electron chi connectivity index (χ3n) is 4.30. The van der Waals surface area contributed by atoms with Crippen molar-refractivity contribution in [2.24, 2.45) is 5.73 Å². The summed E-state index contributed by atoms with van der Waals surface area (Å²) in [6.07, 6.45) is 0. The molecule has 0 saturated heterocycles. The minimum atomic E-state index is 0.459. The van der Waals surface area contributed by atoms with Crippen molar-refractivity contribution in [1.82, 2.24) is 4.98 Å². The highest BCUT2D eigenvalue weighted by Crippen LogP contribution is 2.31. The molecule has 0 radical (unpaired) electrons. The normalized spacial score (nSPS) is 10.6. The van der Waals surface area contributed by atoms with E-state index in [2.05, 4.69) is 33.0 Å². The number of aromatic nitrogens is 1. The van der Waals surface area contributed by atoms with Crippen LogP contribution in [-0.4, -0.2) is 4.98 Å². The number of benzene rings is 3. The molecule has 0 atom stereocenters. The lowest BCUT2D eigenvalue weighted by molar-refractivity contribution is 0.425. The van der Waals surface area contributed by atoms with E-state index < -0.39 is 0 Å². The Bertz CT molecular complexity index is 1130. The molecule has 3 aromatic carbocycles. The van der Waals surface area contributed by atoms with E-state index in [9.17, 15) is 0 Å². The fourth-order valence-corrected chi connectivity index (χ4v) is 3.25. The number of rotatable bonds is 6. The van der Waals surface area contributed by atoms with Gasteiger partial charge >= 0.3 is 0 Å². The summed E-state index contributed by atoms with van der Waals surface area (Å²) in [7, 11) is 0. The molecule has 0 aliphatic carbocycles. The first-order valence-electron chi connectivity index (χ1n) is 9.18. The molecule has 4 aromatic rings. The second-order valence-electron chi connectivity index (χ2n) is 6.38. The molecule has 4 rings (SSSR count). The Kier molecular flexibility index (Phi) is 5.89. The highest BCUT2D eigenvalue weighted by atomic mass is 79.9. The van der Waals surface area contributed by atoms with Crippen LogP contribution in [0.4, 0.5) is 0 Å². The summed E-state index contributed by atoms with van der Waals surface area (Å²) in [6.45, 7) is 0.512. The van der Waals surface area contributed by atoms with E-state index >= 15 is 0 Å². The monoisotopic (exact) mass is 446 g/mol. The quantitative estimate of drug-likeness (QED) is 0.364. The molecule has 4 nitrogen and oxygen atoms in total. The molecule has 1 aromatic heterocycles. The van der Waals surface area contributed by atoms with E-state index in [1.54, 1.807) is 12.1 Å². The summed E-state index contributed by atoms with van der Waals surface area (Å²) in [5, 5.41) is 0. The maximum Gasteiger partial charge on any atom is 0.222 e. The van der Waals surface area contributed by atoms with Crippen molar-refractivity contribution in [3.8, 4) is 34.4 Å². The van der Waals surface area contributed by atoms with Crippen LogP contribution in [0, 0.1) is 0 Å². The number of nitrogens with zero attached hydrogens (tertiary/aromatic N) is 1. The van der Waals surface area contributed by atoms with Gasteiger partial charge in [0.25, 0.3) is 0 Å². The molecule has 5 heteroatoms. The van der Waals surface area contributed by atoms with Crippen LogP contribution in [-0.2, 0) is 6.54 Å². The summed E-state index contributed by atoms with van der Waals surface area (Å²) < 4.78 is 12.7. The lowest BCUT2D eigenvalue weighted by atomic mass is 10.0. The fourth-order valence-electron chi connectivity index (χ4n) is 2.89. The second-order valence-corrected chi connectivity index (χ2v) is 7.24. The molecular weight excluding hydrogens is 428 g/mol. The van der Waals surface area contributed by atoms with Crippen molar-refractivity contribution < 1.29 is 9.47 Å². The Morgan fingerprint density at radius 3 is 2.21 bits per heavy atom. The number of halogens is 1. The van der Waals surface area contributed by atoms with Crippen molar-refractivity contribution in [3.63, 3.8) is 0 Å². The first kappa shape index (κ1) is 19.2. The zero-order valence-electron chi connectivity index (χ0n) is 15.6. The van der Waals surface area contributed by atoms with E-state index in [0.717, 1.165) is 21.2 Å². The molecule has 2 N–H and O–H groups in total. The van der Waals surface area contributed by atoms with Crippen LogP contribution in [0.5, 0.6) is 23.3 Å². The fraction of sp³-hybridized carbons (Fsp3) is 0.0417. The molecule has 0 amide bonds. The average molecular weight is 447 g/mol. The highest BCUT2D eigenvalue weighted by Gasteiger charge is 2.07. The predicted octanol–water partition coefficient (Wildman–Crippen LogP) is 6.55. The third-order valence-corrected chi connectivity index (χ3v) is 4.96. The maximum absolute atomic E-state index is 5.98. The molecular formula is C24H19BrN2O2. The SMILES string of the molecule is NCc1cccc(-c2cccc(Oc3cccc(Oc4ccccc4Br)n3)c2)c1. The van der Waals surface area contributed by atoms with Crippen LogP contribution >= 0.6 is 15.9 Å². The second kappa shape index (κ2) is 8.90.